The standard InChI is InChI=1S/C62H81N3O25/c1-5-6-7-8-9-19-26-82-60(54(70)76-2)27-40-46(64-58(74)83-40)52(88-60)49(68)43(34-80-31-37-22-15-11-16-23-37)87-62(56(72)78-4)29-42-47(65-59(75)85-42)53(90-62)50(69)44(35-81-32-38-24-17-12-18-25-38)86-61(55(71)77-3)28-41-45(63-57(73)84-41)51(89-61)48(67)39(66)33-79-30-36-20-13-10-14-21-36/h10-18,20-25,39-53,66-69H,5-9,19,26-35H2,1-4H3,(H,63,73)(H,64,74)(H,65,75)/t39-,40+,41+,42+,43-,44-,45-,46-,47-,48-,49-,50-,51-,52-,53-,60-,61-,62-/m1/s1. The summed E-state index contributed by atoms with van der Waals surface area (Å²) >= 11 is 0. The van der Waals surface area contributed by atoms with Crippen molar-refractivity contribution in [1.82, 2.24) is 16.0 Å². The lowest BCUT2D eigenvalue weighted by molar-refractivity contribution is -0.355. The number of fused-ring (bicyclic) bond motifs is 3. The second-order valence-corrected chi connectivity index (χ2v) is 22.9. The number of unbranched alkanes of at least 4 members (excludes halogenated alkanes) is 5. The number of carbonyl (C=O) groups is 6. The summed E-state index contributed by atoms with van der Waals surface area (Å²) in [6.45, 7) is 0.194. The zero-order chi connectivity index (χ0) is 64.0. The van der Waals surface area contributed by atoms with Gasteiger partial charge in [0, 0.05) is 0 Å². The summed E-state index contributed by atoms with van der Waals surface area (Å²) in [5.74, 6) is -11.4. The molecule has 494 valence electrons. The van der Waals surface area contributed by atoms with Crippen molar-refractivity contribution in [3.8, 4) is 0 Å². The van der Waals surface area contributed by atoms with Crippen molar-refractivity contribution in [2.45, 2.75) is 193 Å². The first kappa shape index (κ1) is 67.7. The van der Waals surface area contributed by atoms with Crippen LogP contribution in [0.3, 0.4) is 0 Å². The Labute approximate surface area is 519 Å². The summed E-state index contributed by atoms with van der Waals surface area (Å²) < 4.78 is 90.2. The first-order valence-corrected chi connectivity index (χ1v) is 30.2. The summed E-state index contributed by atoms with van der Waals surface area (Å²) in [6.07, 6.45) is -20.1. The zero-order valence-corrected chi connectivity index (χ0v) is 50.5. The molecule has 3 aromatic carbocycles. The van der Waals surface area contributed by atoms with Gasteiger partial charge in [-0.25, -0.2) is 28.8 Å². The summed E-state index contributed by atoms with van der Waals surface area (Å²) in [6, 6.07) is 22.8. The minimum Gasteiger partial charge on any atom is -0.465 e. The van der Waals surface area contributed by atoms with E-state index in [9.17, 15) is 49.2 Å². The van der Waals surface area contributed by atoms with Gasteiger partial charge in [0.15, 0.2) is 0 Å². The predicted octanol–water partition coefficient (Wildman–Crippen LogP) is 2.63. The van der Waals surface area contributed by atoms with Gasteiger partial charge in [0.1, 0.15) is 73.2 Å². The van der Waals surface area contributed by atoms with E-state index in [0.717, 1.165) is 59.0 Å². The maximum atomic E-state index is 14.8. The molecule has 0 aromatic heterocycles. The van der Waals surface area contributed by atoms with Crippen molar-refractivity contribution < 1.29 is 120 Å². The number of benzene rings is 3. The lowest BCUT2D eigenvalue weighted by Gasteiger charge is -2.49. The Balaban J connectivity index is 1.06. The number of hydrogen-bond donors (Lipinski definition) is 7. The number of alkyl carbamates (subject to hydrolysis) is 3. The van der Waals surface area contributed by atoms with Gasteiger partial charge >= 0.3 is 36.2 Å². The molecule has 0 saturated carbocycles. The van der Waals surface area contributed by atoms with Crippen LogP contribution >= 0.6 is 0 Å². The molecule has 7 N–H and O–H groups in total. The Hall–Kier alpha value is -6.64. The molecule has 6 aliphatic heterocycles. The molecular formula is C62H81N3O25. The summed E-state index contributed by atoms with van der Waals surface area (Å²) in [5.41, 5.74) is 2.08. The van der Waals surface area contributed by atoms with Gasteiger partial charge in [-0.3, -0.25) is 0 Å². The molecule has 18 atom stereocenters. The van der Waals surface area contributed by atoms with E-state index in [0.29, 0.717) is 17.5 Å². The molecule has 0 unspecified atom stereocenters. The van der Waals surface area contributed by atoms with Gasteiger partial charge in [0.25, 0.3) is 17.4 Å². The van der Waals surface area contributed by atoms with Crippen LogP contribution in [0.15, 0.2) is 91.0 Å². The zero-order valence-electron chi connectivity index (χ0n) is 50.5. The van der Waals surface area contributed by atoms with Crippen LogP contribution < -0.4 is 16.0 Å². The normalized spacial score (nSPS) is 30.4. The number of ether oxygens (including phenoxy) is 15. The molecule has 6 fully saturated rings. The largest absolute Gasteiger partial charge is 0.465 e. The van der Waals surface area contributed by atoms with Gasteiger partial charge in [-0.1, -0.05) is 130 Å². The van der Waals surface area contributed by atoms with Gasteiger partial charge in [0.2, 0.25) is 0 Å². The second kappa shape index (κ2) is 31.1. The Kier molecular flexibility index (Phi) is 23.4. The lowest BCUT2D eigenvalue weighted by Crippen LogP contribution is -2.69. The van der Waals surface area contributed by atoms with E-state index in [1.807, 2.05) is 6.07 Å². The van der Waals surface area contributed by atoms with E-state index in [2.05, 4.69) is 22.9 Å². The van der Waals surface area contributed by atoms with Crippen LogP contribution in [0, 0.1) is 0 Å². The van der Waals surface area contributed by atoms with Crippen molar-refractivity contribution in [2.24, 2.45) is 0 Å². The maximum absolute atomic E-state index is 14.8. The third-order valence-corrected chi connectivity index (χ3v) is 16.6. The molecule has 90 heavy (non-hydrogen) atoms. The van der Waals surface area contributed by atoms with E-state index in [-0.39, 0.29) is 32.8 Å². The third-order valence-electron chi connectivity index (χ3n) is 16.6. The van der Waals surface area contributed by atoms with Crippen LogP contribution in [-0.4, -0.2) is 213 Å². The highest BCUT2D eigenvalue weighted by Gasteiger charge is 2.66. The van der Waals surface area contributed by atoms with E-state index < -0.39 is 178 Å². The number of carbonyl (C=O) groups excluding carboxylic acids is 6. The van der Waals surface area contributed by atoms with Crippen LogP contribution in [0.4, 0.5) is 14.4 Å². The molecular weight excluding hydrogens is 1190 g/mol. The van der Waals surface area contributed by atoms with Crippen LogP contribution in [0.1, 0.15) is 81.4 Å². The summed E-state index contributed by atoms with van der Waals surface area (Å²) in [4.78, 5) is 82.8. The Morgan fingerprint density at radius 3 is 1.23 bits per heavy atom. The molecule has 0 aliphatic carbocycles. The third kappa shape index (κ3) is 16.0. The summed E-state index contributed by atoms with van der Waals surface area (Å²) in [5, 5.41) is 57.1. The SMILES string of the molecule is CCCCCCCCO[C@]1(C(=O)OC)C[C@@H]2OC(=O)N[C@H]2[C@H]([C@H](O)[C@@H](COCc2ccccc2)O[C@]2(C(=O)OC)C[C@@H]3OC(=O)N[C@H]3[C@H]([C@H](O)[C@@H](COCc3ccccc3)O[C@]3(C(=O)OC)C[C@@H]4OC(=O)N[C@H]4[C@H]([C@H](O)[C@H](O)COCc4ccccc4)O3)O2)O1. The predicted molar refractivity (Wildman–Crippen MR) is 306 cm³/mol. The monoisotopic (exact) mass is 1270 g/mol. The van der Waals surface area contributed by atoms with Gasteiger partial charge in [0.05, 0.1) is 105 Å². The van der Waals surface area contributed by atoms with Crippen molar-refractivity contribution >= 4 is 36.2 Å². The highest BCUT2D eigenvalue weighted by molar-refractivity contribution is 5.80. The highest BCUT2D eigenvalue weighted by atomic mass is 16.8. The number of nitrogens with one attached hydrogen (secondary N) is 3. The fourth-order valence-electron chi connectivity index (χ4n) is 12.1. The van der Waals surface area contributed by atoms with Crippen LogP contribution in [0.25, 0.3) is 0 Å². The van der Waals surface area contributed by atoms with Crippen LogP contribution in [0.2, 0.25) is 0 Å². The lowest BCUT2D eigenvalue weighted by atomic mass is 9.87. The van der Waals surface area contributed by atoms with Crippen molar-refractivity contribution in [3.05, 3.63) is 108 Å². The molecule has 28 heteroatoms. The molecule has 9 rings (SSSR count). The van der Waals surface area contributed by atoms with Gasteiger partial charge in [-0.05, 0) is 23.1 Å². The van der Waals surface area contributed by atoms with Crippen molar-refractivity contribution in [3.63, 3.8) is 0 Å². The fraction of sp³-hybridized carbons (Fsp3) is 0.613. The smallest absolute Gasteiger partial charge is 0.407 e. The topological polar surface area (TPSA) is 358 Å². The van der Waals surface area contributed by atoms with E-state index >= 15 is 0 Å². The number of aliphatic hydroxyl groups excluding tert-OH is 4. The number of rotatable bonds is 33. The van der Waals surface area contributed by atoms with E-state index in [4.69, 9.17) is 71.1 Å². The molecule has 3 amide bonds. The first-order chi connectivity index (χ1) is 43.4. The second-order valence-electron chi connectivity index (χ2n) is 22.9. The molecule has 3 aromatic rings. The number of hydrogen-bond acceptors (Lipinski definition) is 25. The Bertz CT molecular complexity index is 2850. The average Bonchev–Trinajstić information content (AvgIpc) is 1.36. The van der Waals surface area contributed by atoms with Crippen molar-refractivity contribution in [1.29, 1.82) is 0 Å². The van der Waals surface area contributed by atoms with Crippen molar-refractivity contribution in [2.75, 3.05) is 47.8 Å². The minimum atomic E-state index is -2.81. The molecule has 0 bridgehead atoms. The Morgan fingerprint density at radius 2 is 0.833 bits per heavy atom. The fourth-order valence-corrected chi connectivity index (χ4v) is 12.1. The number of esters is 3. The number of amides is 3. The van der Waals surface area contributed by atoms with E-state index in [1.54, 1.807) is 84.9 Å². The average molecular weight is 1270 g/mol. The maximum Gasteiger partial charge on any atom is 0.407 e. The molecule has 6 aliphatic rings. The number of methoxy groups -OCH3 is 3. The summed E-state index contributed by atoms with van der Waals surface area (Å²) in [7, 11) is 3.11. The first-order valence-electron chi connectivity index (χ1n) is 30.2. The van der Waals surface area contributed by atoms with Gasteiger partial charge in [-0.2, -0.15) is 0 Å². The molecule has 0 radical (unpaired) electrons. The molecule has 0 spiro atoms. The quantitative estimate of drug-likeness (QED) is 0.0262. The Morgan fingerprint density at radius 1 is 0.489 bits per heavy atom. The van der Waals surface area contributed by atoms with Gasteiger partial charge in [-0.15, -0.1) is 0 Å². The highest BCUT2D eigenvalue weighted by Crippen LogP contribution is 2.44. The van der Waals surface area contributed by atoms with Crippen LogP contribution in [0.5, 0.6) is 0 Å². The van der Waals surface area contributed by atoms with Gasteiger partial charge < -0.3 is 107 Å². The minimum absolute atomic E-state index is 0.00145. The molecule has 6 heterocycles. The van der Waals surface area contributed by atoms with E-state index in [1.165, 1.54) is 0 Å². The van der Waals surface area contributed by atoms with Crippen LogP contribution in [-0.2, 0) is 105 Å². The molecule has 28 nitrogen and oxygen atoms in total. The number of aliphatic hydroxyl groups is 4. The molecule has 6 saturated heterocycles.